The molecule has 2 rings (SSSR count). The minimum atomic E-state index is 0.574. The van der Waals surface area contributed by atoms with Gasteiger partial charge in [-0.15, -0.1) is 0 Å². The van der Waals surface area contributed by atoms with Crippen molar-refractivity contribution in [2.45, 2.75) is 13.3 Å². The summed E-state index contributed by atoms with van der Waals surface area (Å²) in [7, 11) is 0. The Hall–Kier alpha value is -1.51. The van der Waals surface area contributed by atoms with Crippen LogP contribution in [0.25, 0.3) is 0 Å². The van der Waals surface area contributed by atoms with Crippen LogP contribution in [0.15, 0.2) is 42.5 Å². The number of benzene rings is 2. The summed E-state index contributed by atoms with van der Waals surface area (Å²) in [6.07, 6.45) is 0.752. The van der Waals surface area contributed by atoms with Gasteiger partial charge >= 0.3 is 0 Å². The van der Waals surface area contributed by atoms with Crippen molar-refractivity contribution in [1.29, 1.82) is 0 Å². The Kier molecular flexibility index (Phi) is 4.24. The maximum absolute atomic E-state index is 6.18. The van der Waals surface area contributed by atoms with Gasteiger partial charge in [0.2, 0.25) is 0 Å². The summed E-state index contributed by atoms with van der Waals surface area (Å²) in [5, 5.41) is 0.613. The lowest BCUT2D eigenvalue weighted by Gasteiger charge is -2.12. The predicted molar refractivity (Wildman–Crippen MR) is 75.5 cm³/mol. The average Bonchev–Trinajstić information content (AvgIpc) is 2.36. The summed E-state index contributed by atoms with van der Waals surface area (Å²) in [5.74, 6) is 1.49. The van der Waals surface area contributed by atoms with E-state index in [1.54, 1.807) is 0 Å². The fourth-order valence-electron chi connectivity index (χ4n) is 1.74. The highest BCUT2D eigenvalue weighted by Crippen LogP contribution is 2.33. The van der Waals surface area contributed by atoms with Crippen molar-refractivity contribution in [2.24, 2.45) is 5.73 Å². The third kappa shape index (κ3) is 3.03. The number of ether oxygens (including phenoxy) is 1. The molecule has 0 radical (unpaired) electrons. The fourth-order valence-corrected chi connectivity index (χ4v) is 1.98. The first-order valence-corrected chi connectivity index (χ1v) is 6.30. The zero-order chi connectivity index (χ0) is 13.0. The molecular weight excluding hydrogens is 246 g/mol. The number of rotatable bonds is 4. The first-order chi connectivity index (χ1) is 8.70. The molecule has 2 nitrogen and oxygen atoms in total. The summed E-state index contributed by atoms with van der Waals surface area (Å²) in [6, 6.07) is 13.6. The minimum Gasteiger partial charge on any atom is -0.456 e. The van der Waals surface area contributed by atoms with Gasteiger partial charge in [-0.05, 0) is 43.7 Å². The van der Waals surface area contributed by atoms with E-state index in [2.05, 4.69) is 0 Å². The maximum Gasteiger partial charge on any atom is 0.149 e. The largest absolute Gasteiger partial charge is 0.456 e. The third-order valence-electron chi connectivity index (χ3n) is 2.70. The topological polar surface area (TPSA) is 35.2 Å². The first-order valence-electron chi connectivity index (χ1n) is 5.92. The van der Waals surface area contributed by atoms with Crippen LogP contribution in [0.1, 0.15) is 11.1 Å². The molecule has 18 heavy (non-hydrogen) atoms. The highest BCUT2D eigenvalue weighted by molar-refractivity contribution is 6.32. The lowest BCUT2D eigenvalue weighted by Crippen LogP contribution is -2.04. The van der Waals surface area contributed by atoms with Crippen LogP contribution in [0.5, 0.6) is 11.5 Å². The normalized spacial score (nSPS) is 10.4. The number of hydrogen-bond acceptors (Lipinski definition) is 2. The van der Waals surface area contributed by atoms with Gasteiger partial charge in [0.25, 0.3) is 0 Å². The molecule has 0 aromatic heterocycles. The molecule has 2 N–H and O–H groups in total. The van der Waals surface area contributed by atoms with E-state index in [-0.39, 0.29) is 0 Å². The Bertz CT molecular complexity index is 523. The van der Waals surface area contributed by atoms with Gasteiger partial charge in [0, 0.05) is 0 Å². The molecule has 2 aromatic rings. The van der Waals surface area contributed by atoms with Gasteiger partial charge in [0.05, 0.1) is 5.02 Å². The van der Waals surface area contributed by atoms with E-state index in [4.69, 9.17) is 22.1 Å². The quantitative estimate of drug-likeness (QED) is 0.905. The molecule has 0 bridgehead atoms. The van der Waals surface area contributed by atoms with E-state index in [1.807, 2.05) is 49.4 Å². The van der Waals surface area contributed by atoms with Crippen LogP contribution in [-0.2, 0) is 6.42 Å². The number of halogens is 1. The Morgan fingerprint density at radius 1 is 1.11 bits per heavy atom. The van der Waals surface area contributed by atoms with Crippen LogP contribution < -0.4 is 10.5 Å². The van der Waals surface area contributed by atoms with Crippen LogP contribution in [0.2, 0.25) is 5.02 Å². The van der Waals surface area contributed by atoms with Gasteiger partial charge in [0.1, 0.15) is 11.5 Å². The standard InChI is InChI=1S/C15H16ClNO/c1-11-5-7-13(8-6-11)18-15-12(9-10-17)3-2-4-14(15)16/h2-8H,9-10,17H2,1H3. The highest BCUT2D eigenvalue weighted by Gasteiger charge is 2.08. The van der Waals surface area contributed by atoms with Gasteiger partial charge in [-0.1, -0.05) is 41.4 Å². The Morgan fingerprint density at radius 3 is 2.50 bits per heavy atom. The second-order valence-electron chi connectivity index (χ2n) is 4.18. The second-order valence-corrected chi connectivity index (χ2v) is 4.59. The molecule has 0 fully saturated rings. The number of hydrogen-bond donors (Lipinski definition) is 1. The van der Waals surface area contributed by atoms with E-state index in [1.165, 1.54) is 5.56 Å². The van der Waals surface area contributed by atoms with Gasteiger partial charge in [0.15, 0.2) is 0 Å². The fraction of sp³-hybridized carbons (Fsp3) is 0.200. The Labute approximate surface area is 112 Å². The van der Waals surface area contributed by atoms with Gasteiger partial charge in [-0.3, -0.25) is 0 Å². The Balaban J connectivity index is 2.30. The SMILES string of the molecule is Cc1ccc(Oc2c(Cl)cccc2CCN)cc1. The molecule has 0 spiro atoms. The molecule has 0 saturated heterocycles. The molecule has 0 aliphatic carbocycles. The minimum absolute atomic E-state index is 0.574. The monoisotopic (exact) mass is 261 g/mol. The van der Waals surface area contributed by atoms with E-state index >= 15 is 0 Å². The van der Waals surface area contributed by atoms with Crippen molar-refractivity contribution in [3.8, 4) is 11.5 Å². The zero-order valence-electron chi connectivity index (χ0n) is 10.3. The predicted octanol–water partition coefficient (Wildman–Crippen LogP) is 3.94. The highest BCUT2D eigenvalue weighted by atomic mass is 35.5. The summed E-state index contributed by atoms with van der Waals surface area (Å²) >= 11 is 6.18. The molecule has 94 valence electrons. The van der Waals surface area contributed by atoms with Crippen molar-refractivity contribution in [2.75, 3.05) is 6.54 Å². The molecule has 0 amide bonds. The molecule has 0 unspecified atom stereocenters. The lowest BCUT2D eigenvalue weighted by molar-refractivity contribution is 0.476. The number of aryl methyl sites for hydroxylation is 1. The van der Waals surface area contributed by atoms with Crippen molar-refractivity contribution >= 4 is 11.6 Å². The van der Waals surface area contributed by atoms with Gasteiger partial charge < -0.3 is 10.5 Å². The average molecular weight is 262 g/mol. The van der Waals surface area contributed by atoms with Crippen LogP contribution in [-0.4, -0.2) is 6.54 Å². The summed E-state index contributed by atoms with van der Waals surface area (Å²) < 4.78 is 5.86. The van der Waals surface area contributed by atoms with E-state index < -0.39 is 0 Å². The number of nitrogens with two attached hydrogens (primary N) is 1. The van der Waals surface area contributed by atoms with Crippen molar-refractivity contribution in [3.05, 3.63) is 58.6 Å². The molecule has 2 aromatic carbocycles. The van der Waals surface area contributed by atoms with Gasteiger partial charge in [-0.25, -0.2) is 0 Å². The van der Waals surface area contributed by atoms with Crippen LogP contribution in [0, 0.1) is 6.92 Å². The van der Waals surface area contributed by atoms with Crippen molar-refractivity contribution in [1.82, 2.24) is 0 Å². The van der Waals surface area contributed by atoms with Crippen molar-refractivity contribution < 1.29 is 4.74 Å². The molecule has 0 heterocycles. The first kappa shape index (κ1) is 12.9. The van der Waals surface area contributed by atoms with E-state index in [0.717, 1.165) is 17.7 Å². The molecule has 0 saturated carbocycles. The molecule has 0 aliphatic heterocycles. The second kappa shape index (κ2) is 5.89. The van der Waals surface area contributed by atoms with Crippen LogP contribution in [0.4, 0.5) is 0 Å². The van der Waals surface area contributed by atoms with Crippen molar-refractivity contribution in [3.63, 3.8) is 0 Å². The lowest BCUT2D eigenvalue weighted by atomic mass is 10.1. The van der Waals surface area contributed by atoms with E-state index in [9.17, 15) is 0 Å². The number of para-hydroxylation sites is 1. The molecule has 0 atom stereocenters. The molecule has 0 aliphatic rings. The molecule has 3 heteroatoms. The van der Waals surface area contributed by atoms with Gasteiger partial charge in [-0.2, -0.15) is 0 Å². The Morgan fingerprint density at radius 2 is 1.83 bits per heavy atom. The molecular formula is C15H16ClNO. The summed E-state index contributed by atoms with van der Waals surface area (Å²) in [5.41, 5.74) is 7.82. The summed E-state index contributed by atoms with van der Waals surface area (Å²) in [4.78, 5) is 0. The van der Waals surface area contributed by atoms with E-state index in [0.29, 0.717) is 17.3 Å². The van der Waals surface area contributed by atoms with Crippen LogP contribution >= 0.6 is 11.6 Å². The van der Waals surface area contributed by atoms with Crippen LogP contribution in [0.3, 0.4) is 0 Å². The zero-order valence-corrected chi connectivity index (χ0v) is 11.1. The maximum atomic E-state index is 6.18. The smallest absolute Gasteiger partial charge is 0.149 e. The summed E-state index contributed by atoms with van der Waals surface area (Å²) in [6.45, 7) is 2.61. The third-order valence-corrected chi connectivity index (χ3v) is 3.00.